The highest BCUT2D eigenvalue weighted by Crippen LogP contribution is 2.44. The van der Waals surface area contributed by atoms with E-state index in [2.05, 4.69) is 18.1 Å². The fourth-order valence-corrected chi connectivity index (χ4v) is 4.71. The van der Waals surface area contributed by atoms with Crippen LogP contribution in [0.15, 0.2) is 60.4 Å². The van der Waals surface area contributed by atoms with Crippen LogP contribution >= 0.6 is 0 Å². The molecule has 3 aromatic rings. The number of rotatable bonds is 4. The SMILES string of the molecule is C=C/C=C/n1c(=O)nc2c3c(c(F)c(-c4c(O)cccc4F)cc31)OC[C@@H]1CN(C(=O)C=C)CCN21. The third-order valence-electron chi connectivity index (χ3n) is 6.38. The van der Waals surface area contributed by atoms with E-state index < -0.39 is 29.1 Å². The normalized spacial score (nSPS) is 17.0. The summed E-state index contributed by atoms with van der Waals surface area (Å²) >= 11 is 0. The highest BCUT2D eigenvalue weighted by molar-refractivity contribution is 6.00. The molecular formula is C26H22F2N4O4. The third-order valence-corrected chi connectivity index (χ3v) is 6.38. The molecule has 1 aromatic heterocycles. The zero-order valence-corrected chi connectivity index (χ0v) is 19.2. The zero-order chi connectivity index (χ0) is 25.6. The molecule has 8 nitrogen and oxygen atoms in total. The average molecular weight is 492 g/mol. The van der Waals surface area contributed by atoms with Crippen molar-refractivity contribution in [3.05, 3.63) is 77.8 Å². The van der Waals surface area contributed by atoms with E-state index in [-0.39, 0.29) is 52.7 Å². The van der Waals surface area contributed by atoms with E-state index >= 15 is 4.39 Å². The Morgan fingerprint density at radius 2 is 2.06 bits per heavy atom. The summed E-state index contributed by atoms with van der Waals surface area (Å²) in [6.07, 6.45) is 5.60. The Balaban J connectivity index is 1.80. The number of hydrogen-bond acceptors (Lipinski definition) is 6. The van der Waals surface area contributed by atoms with Crippen LogP contribution in [0.25, 0.3) is 28.2 Å². The largest absolute Gasteiger partial charge is 0.507 e. The fourth-order valence-electron chi connectivity index (χ4n) is 4.71. The standard InChI is InChI=1S/C26H22F2N4O4/c1-3-5-9-32-18-12-16(21-17(27)7-6-8-19(21)33)23(28)24-22(18)25(29-26(32)35)31-11-10-30(20(34)4-2)13-15(31)14-36-24/h3-9,12,15,33H,1-2,10-11,13-14H2/b9-5+/t15-/m0/s1. The van der Waals surface area contributed by atoms with E-state index in [1.54, 1.807) is 4.90 Å². The van der Waals surface area contributed by atoms with Crippen LogP contribution in [0.1, 0.15) is 0 Å². The van der Waals surface area contributed by atoms with Crippen molar-refractivity contribution in [2.75, 3.05) is 31.1 Å². The van der Waals surface area contributed by atoms with E-state index in [0.29, 0.717) is 13.1 Å². The summed E-state index contributed by atoms with van der Waals surface area (Å²) in [4.78, 5) is 33.0. The van der Waals surface area contributed by atoms with Crippen LogP contribution in [0, 0.1) is 11.6 Å². The van der Waals surface area contributed by atoms with E-state index in [9.17, 15) is 19.1 Å². The Morgan fingerprint density at radius 3 is 2.78 bits per heavy atom. The first-order valence-electron chi connectivity index (χ1n) is 11.2. The molecule has 0 radical (unpaired) electrons. The summed E-state index contributed by atoms with van der Waals surface area (Å²) in [5.41, 5.74) is -1.07. The van der Waals surface area contributed by atoms with Crippen LogP contribution in [0.2, 0.25) is 0 Å². The maximum absolute atomic E-state index is 16.0. The molecule has 2 aromatic carbocycles. The smallest absolute Gasteiger partial charge is 0.354 e. The van der Waals surface area contributed by atoms with Crippen molar-refractivity contribution in [3.8, 4) is 22.6 Å². The lowest BCUT2D eigenvalue weighted by Crippen LogP contribution is -2.56. The predicted octanol–water partition coefficient (Wildman–Crippen LogP) is 3.30. The Kier molecular flexibility index (Phi) is 5.79. The zero-order valence-electron chi connectivity index (χ0n) is 19.2. The molecule has 5 rings (SSSR count). The lowest BCUT2D eigenvalue weighted by molar-refractivity contribution is -0.126. The number of nitrogens with zero attached hydrogens (tertiary/aromatic N) is 4. The second-order valence-electron chi connectivity index (χ2n) is 8.41. The first kappa shape index (κ1) is 23.3. The van der Waals surface area contributed by atoms with E-state index in [1.807, 2.05) is 4.90 Å². The number of phenols is 1. The van der Waals surface area contributed by atoms with Crippen molar-refractivity contribution in [2.24, 2.45) is 0 Å². The van der Waals surface area contributed by atoms with E-state index in [1.165, 1.54) is 47.2 Å². The maximum Gasteiger partial charge on any atom is 0.354 e. The highest BCUT2D eigenvalue weighted by atomic mass is 19.1. The van der Waals surface area contributed by atoms with Crippen molar-refractivity contribution < 1.29 is 23.4 Å². The van der Waals surface area contributed by atoms with Crippen LogP contribution in [-0.4, -0.2) is 57.7 Å². The van der Waals surface area contributed by atoms with Gasteiger partial charge in [0.05, 0.1) is 22.5 Å². The summed E-state index contributed by atoms with van der Waals surface area (Å²) in [6, 6.07) is 4.53. The molecule has 1 saturated heterocycles. The molecule has 2 aliphatic heterocycles. The monoisotopic (exact) mass is 492 g/mol. The number of aromatic nitrogens is 2. The number of benzene rings is 2. The van der Waals surface area contributed by atoms with Crippen molar-refractivity contribution in [3.63, 3.8) is 0 Å². The molecule has 2 aliphatic rings. The average Bonchev–Trinajstić information content (AvgIpc) is 3.03. The first-order chi connectivity index (χ1) is 17.3. The molecule has 3 heterocycles. The maximum atomic E-state index is 16.0. The van der Waals surface area contributed by atoms with Crippen molar-refractivity contribution in [2.45, 2.75) is 6.04 Å². The van der Waals surface area contributed by atoms with Gasteiger partial charge in [-0.2, -0.15) is 4.98 Å². The van der Waals surface area contributed by atoms with Crippen LogP contribution < -0.4 is 15.3 Å². The molecule has 1 amide bonds. The second kappa shape index (κ2) is 8.95. The van der Waals surface area contributed by atoms with Gasteiger partial charge in [0, 0.05) is 31.4 Å². The topological polar surface area (TPSA) is 87.9 Å². The minimum absolute atomic E-state index is 0.0211. The molecule has 10 heteroatoms. The number of piperazine rings is 1. The summed E-state index contributed by atoms with van der Waals surface area (Å²) in [5, 5.41) is 10.6. The molecule has 0 unspecified atom stereocenters. The van der Waals surface area contributed by atoms with Gasteiger partial charge in [-0.25, -0.2) is 13.6 Å². The van der Waals surface area contributed by atoms with Gasteiger partial charge in [0.1, 0.15) is 24.0 Å². The second-order valence-corrected chi connectivity index (χ2v) is 8.41. The number of anilines is 1. The Bertz CT molecular complexity index is 1490. The van der Waals surface area contributed by atoms with Crippen molar-refractivity contribution in [1.29, 1.82) is 0 Å². The minimum atomic E-state index is -0.900. The number of phenolic OH excluding ortho intramolecular Hbond substituents is 1. The van der Waals surface area contributed by atoms with Gasteiger partial charge in [0.15, 0.2) is 11.6 Å². The van der Waals surface area contributed by atoms with Gasteiger partial charge < -0.3 is 19.6 Å². The minimum Gasteiger partial charge on any atom is -0.507 e. The van der Waals surface area contributed by atoms with Gasteiger partial charge in [-0.3, -0.25) is 9.36 Å². The van der Waals surface area contributed by atoms with Crippen LogP contribution in [-0.2, 0) is 4.79 Å². The number of amides is 1. The predicted molar refractivity (Wildman–Crippen MR) is 132 cm³/mol. The summed E-state index contributed by atoms with van der Waals surface area (Å²) < 4.78 is 37.9. The van der Waals surface area contributed by atoms with Gasteiger partial charge in [-0.05, 0) is 30.4 Å². The van der Waals surface area contributed by atoms with Crippen LogP contribution in [0.5, 0.6) is 11.5 Å². The number of aromatic hydroxyl groups is 1. The van der Waals surface area contributed by atoms with E-state index in [0.717, 1.165) is 6.07 Å². The fraction of sp³-hybridized carbons (Fsp3) is 0.192. The van der Waals surface area contributed by atoms with Gasteiger partial charge >= 0.3 is 5.69 Å². The molecule has 0 spiro atoms. The summed E-state index contributed by atoms with van der Waals surface area (Å²) in [5.74, 6) is -2.45. The quantitative estimate of drug-likeness (QED) is 0.444. The van der Waals surface area contributed by atoms with Crippen LogP contribution in [0.3, 0.4) is 0 Å². The number of carbonyl (C=O) groups excluding carboxylic acids is 1. The van der Waals surface area contributed by atoms with Gasteiger partial charge in [-0.15, -0.1) is 0 Å². The van der Waals surface area contributed by atoms with Gasteiger partial charge in [0.25, 0.3) is 0 Å². The number of ether oxygens (including phenoxy) is 1. The molecule has 0 bridgehead atoms. The van der Waals surface area contributed by atoms with Crippen LogP contribution in [0.4, 0.5) is 14.6 Å². The van der Waals surface area contributed by atoms with Crippen molar-refractivity contribution in [1.82, 2.24) is 14.5 Å². The Labute approximate surface area is 204 Å². The summed E-state index contributed by atoms with van der Waals surface area (Å²) in [7, 11) is 0. The molecule has 184 valence electrons. The Hall–Kier alpha value is -4.47. The molecule has 36 heavy (non-hydrogen) atoms. The Morgan fingerprint density at radius 1 is 1.25 bits per heavy atom. The number of allylic oxidation sites excluding steroid dienone is 2. The molecule has 1 N–H and O–H groups in total. The lowest BCUT2D eigenvalue weighted by Gasteiger charge is -2.40. The van der Waals surface area contributed by atoms with Gasteiger partial charge in [0.2, 0.25) is 5.91 Å². The first-order valence-corrected chi connectivity index (χ1v) is 11.2. The number of halogens is 2. The lowest BCUT2D eigenvalue weighted by atomic mass is 10.00. The summed E-state index contributed by atoms with van der Waals surface area (Å²) in [6.45, 7) is 8.05. The number of carbonyl (C=O) groups is 1. The number of hydrogen-bond donors (Lipinski definition) is 1. The van der Waals surface area contributed by atoms with Crippen molar-refractivity contribution >= 4 is 28.8 Å². The molecule has 0 saturated carbocycles. The number of fused-ring (bicyclic) bond motifs is 2. The highest BCUT2D eigenvalue weighted by Gasteiger charge is 2.36. The third kappa shape index (κ3) is 3.62. The molecule has 1 atom stereocenters. The molecular weight excluding hydrogens is 470 g/mol. The molecule has 0 aliphatic carbocycles. The van der Waals surface area contributed by atoms with E-state index in [4.69, 9.17) is 4.74 Å². The van der Waals surface area contributed by atoms with Gasteiger partial charge in [-0.1, -0.05) is 25.3 Å². The molecule has 1 fully saturated rings.